The van der Waals surface area contributed by atoms with Gasteiger partial charge in [0, 0.05) is 31.7 Å². The van der Waals surface area contributed by atoms with Gasteiger partial charge in [0.2, 0.25) is 0 Å². The molecular weight excluding hydrogens is 270 g/mol. The van der Waals surface area contributed by atoms with E-state index in [1.54, 1.807) is 4.68 Å². The van der Waals surface area contributed by atoms with Gasteiger partial charge in [-0.15, -0.1) is 0 Å². The van der Waals surface area contributed by atoms with Gasteiger partial charge in [0.25, 0.3) is 5.91 Å². The van der Waals surface area contributed by atoms with Crippen molar-refractivity contribution < 1.29 is 14.7 Å². The number of aliphatic carboxylic acids is 1. The molecule has 1 fully saturated rings. The second-order valence-corrected chi connectivity index (χ2v) is 5.75. The molecule has 1 amide bonds. The highest BCUT2D eigenvalue weighted by atomic mass is 16.4. The van der Waals surface area contributed by atoms with Crippen molar-refractivity contribution in [3.8, 4) is 0 Å². The molecule has 2 heterocycles. The zero-order valence-electron chi connectivity index (χ0n) is 12.9. The fourth-order valence-electron chi connectivity index (χ4n) is 3.08. The molecule has 0 unspecified atom stereocenters. The third-order valence-electron chi connectivity index (χ3n) is 4.30. The van der Waals surface area contributed by atoms with E-state index in [1.807, 2.05) is 25.8 Å². The van der Waals surface area contributed by atoms with E-state index in [4.69, 9.17) is 5.11 Å². The molecule has 1 aromatic rings. The number of carboxylic acids is 1. The number of hydrogen-bond donors (Lipinski definition) is 1. The van der Waals surface area contributed by atoms with Crippen LogP contribution < -0.4 is 0 Å². The molecule has 6 heteroatoms. The van der Waals surface area contributed by atoms with Gasteiger partial charge >= 0.3 is 5.97 Å². The van der Waals surface area contributed by atoms with E-state index >= 15 is 0 Å². The van der Waals surface area contributed by atoms with Crippen molar-refractivity contribution in [3.63, 3.8) is 0 Å². The molecular formula is C15H23N3O3. The molecule has 0 aromatic carbocycles. The monoisotopic (exact) mass is 293 g/mol. The summed E-state index contributed by atoms with van der Waals surface area (Å²) in [5.74, 6) is -0.810. The molecule has 1 aliphatic heterocycles. The van der Waals surface area contributed by atoms with Crippen LogP contribution in [0.1, 0.15) is 53.8 Å². The number of rotatable bonds is 4. The number of hydrogen-bond acceptors (Lipinski definition) is 3. The molecule has 116 valence electrons. The number of aromatic nitrogens is 2. The van der Waals surface area contributed by atoms with E-state index in [1.165, 1.54) is 0 Å². The molecule has 0 spiro atoms. The number of aryl methyl sites for hydroxylation is 2. The van der Waals surface area contributed by atoms with Gasteiger partial charge in [-0.25, -0.2) is 0 Å². The van der Waals surface area contributed by atoms with Gasteiger partial charge in [0.05, 0.1) is 11.3 Å². The Morgan fingerprint density at radius 1 is 1.33 bits per heavy atom. The fraction of sp³-hybridized carbons (Fsp3) is 0.667. The molecule has 1 saturated heterocycles. The van der Waals surface area contributed by atoms with E-state index in [0.29, 0.717) is 18.5 Å². The van der Waals surface area contributed by atoms with Gasteiger partial charge in [0.15, 0.2) is 0 Å². The van der Waals surface area contributed by atoms with Crippen molar-refractivity contribution in [2.45, 2.75) is 52.0 Å². The van der Waals surface area contributed by atoms with Crippen molar-refractivity contribution in [1.29, 1.82) is 0 Å². The normalized spacial score (nSPS) is 18.8. The SMILES string of the molecule is Cc1nn(C)c(C)c1C(=O)N1CCCC[C@H]1CCC(=O)O. The Hall–Kier alpha value is -1.85. The summed E-state index contributed by atoms with van der Waals surface area (Å²) in [5, 5.41) is 13.2. The highest BCUT2D eigenvalue weighted by Gasteiger charge is 2.30. The maximum Gasteiger partial charge on any atom is 0.303 e. The summed E-state index contributed by atoms with van der Waals surface area (Å²) in [5.41, 5.74) is 2.27. The molecule has 6 nitrogen and oxygen atoms in total. The van der Waals surface area contributed by atoms with Gasteiger partial charge in [-0.2, -0.15) is 5.10 Å². The predicted octanol–water partition coefficient (Wildman–Crippen LogP) is 1.90. The Labute approximate surface area is 124 Å². The Bertz CT molecular complexity index is 551. The number of carbonyl (C=O) groups excluding carboxylic acids is 1. The molecule has 1 aliphatic rings. The number of nitrogens with zero attached hydrogens (tertiary/aromatic N) is 3. The van der Waals surface area contributed by atoms with Crippen LogP contribution in [0, 0.1) is 13.8 Å². The Morgan fingerprint density at radius 2 is 2.05 bits per heavy atom. The first-order chi connectivity index (χ1) is 9.91. The second-order valence-electron chi connectivity index (χ2n) is 5.75. The minimum atomic E-state index is -0.804. The molecule has 0 saturated carbocycles. The van der Waals surface area contributed by atoms with E-state index in [0.717, 1.165) is 30.7 Å². The van der Waals surface area contributed by atoms with E-state index in [2.05, 4.69) is 5.10 Å². The molecule has 21 heavy (non-hydrogen) atoms. The summed E-state index contributed by atoms with van der Waals surface area (Å²) < 4.78 is 1.72. The summed E-state index contributed by atoms with van der Waals surface area (Å²) >= 11 is 0. The Morgan fingerprint density at radius 3 is 2.62 bits per heavy atom. The van der Waals surface area contributed by atoms with Gasteiger partial charge in [-0.3, -0.25) is 14.3 Å². The van der Waals surface area contributed by atoms with Crippen LogP contribution in [0.4, 0.5) is 0 Å². The lowest BCUT2D eigenvalue weighted by Crippen LogP contribution is -2.44. The van der Waals surface area contributed by atoms with Gasteiger partial charge in [0.1, 0.15) is 0 Å². The summed E-state index contributed by atoms with van der Waals surface area (Å²) in [4.78, 5) is 25.5. The predicted molar refractivity (Wildman–Crippen MR) is 78.2 cm³/mol. The van der Waals surface area contributed by atoms with Crippen LogP contribution in [-0.2, 0) is 11.8 Å². The number of piperidine rings is 1. The smallest absolute Gasteiger partial charge is 0.303 e. The lowest BCUT2D eigenvalue weighted by atomic mass is 9.96. The van der Waals surface area contributed by atoms with Gasteiger partial charge < -0.3 is 10.0 Å². The average Bonchev–Trinajstić information content (AvgIpc) is 2.69. The molecule has 2 rings (SSSR count). The minimum Gasteiger partial charge on any atom is -0.481 e. The zero-order chi connectivity index (χ0) is 15.6. The second kappa shape index (κ2) is 6.28. The van der Waals surface area contributed by atoms with Crippen LogP contribution in [0.15, 0.2) is 0 Å². The third-order valence-corrected chi connectivity index (χ3v) is 4.30. The lowest BCUT2D eigenvalue weighted by molar-refractivity contribution is -0.137. The minimum absolute atomic E-state index is 0.00631. The van der Waals surface area contributed by atoms with Gasteiger partial charge in [-0.05, 0) is 39.5 Å². The highest BCUT2D eigenvalue weighted by molar-refractivity contribution is 5.96. The van der Waals surface area contributed by atoms with Crippen LogP contribution in [0.2, 0.25) is 0 Å². The number of carbonyl (C=O) groups is 2. The number of amides is 1. The largest absolute Gasteiger partial charge is 0.481 e. The summed E-state index contributed by atoms with van der Waals surface area (Å²) in [6.45, 7) is 4.44. The first-order valence-corrected chi connectivity index (χ1v) is 7.44. The molecule has 1 atom stereocenters. The zero-order valence-corrected chi connectivity index (χ0v) is 12.9. The number of likely N-dealkylation sites (tertiary alicyclic amines) is 1. The molecule has 0 radical (unpaired) electrons. The van der Waals surface area contributed by atoms with E-state index in [9.17, 15) is 9.59 Å². The van der Waals surface area contributed by atoms with Crippen molar-refractivity contribution in [2.75, 3.05) is 6.54 Å². The standard InChI is InChI=1S/C15H23N3O3/c1-10-14(11(2)17(3)16-10)15(21)18-9-5-4-6-12(18)7-8-13(19)20/h12H,4-9H2,1-3H3,(H,19,20)/t12-/m0/s1. The maximum absolute atomic E-state index is 12.8. The Balaban J connectivity index is 2.20. The Kier molecular flexibility index (Phi) is 4.65. The average molecular weight is 293 g/mol. The quantitative estimate of drug-likeness (QED) is 0.920. The van der Waals surface area contributed by atoms with Crippen LogP contribution >= 0.6 is 0 Å². The number of carboxylic acid groups (broad SMARTS) is 1. The van der Waals surface area contributed by atoms with Crippen molar-refractivity contribution in [1.82, 2.24) is 14.7 Å². The van der Waals surface area contributed by atoms with Crippen LogP contribution in [0.3, 0.4) is 0 Å². The summed E-state index contributed by atoms with van der Waals surface area (Å²) in [6.07, 6.45) is 3.56. The molecule has 1 aromatic heterocycles. The van der Waals surface area contributed by atoms with Crippen molar-refractivity contribution >= 4 is 11.9 Å². The van der Waals surface area contributed by atoms with Crippen LogP contribution in [0.5, 0.6) is 0 Å². The highest BCUT2D eigenvalue weighted by Crippen LogP contribution is 2.25. The van der Waals surface area contributed by atoms with Crippen molar-refractivity contribution in [3.05, 3.63) is 17.0 Å². The van der Waals surface area contributed by atoms with Gasteiger partial charge in [-0.1, -0.05) is 0 Å². The first kappa shape index (κ1) is 15.5. The van der Waals surface area contributed by atoms with Crippen molar-refractivity contribution in [2.24, 2.45) is 7.05 Å². The molecule has 0 bridgehead atoms. The molecule has 1 N–H and O–H groups in total. The van der Waals surface area contributed by atoms with Crippen LogP contribution in [0.25, 0.3) is 0 Å². The third kappa shape index (κ3) is 3.25. The van der Waals surface area contributed by atoms with E-state index in [-0.39, 0.29) is 18.4 Å². The summed E-state index contributed by atoms with van der Waals surface area (Å²) in [6, 6.07) is 0.0290. The topological polar surface area (TPSA) is 75.4 Å². The summed E-state index contributed by atoms with van der Waals surface area (Å²) in [7, 11) is 1.83. The van der Waals surface area contributed by atoms with Crippen LogP contribution in [-0.4, -0.2) is 44.3 Å². The fourth-order valence-corrected chi connectivity index (χ4v) is 3.08. The lowest BCUT2D eigenvalue weighted by Gasteiger charge is -2.35. The first-order valence-electron chi connectivity index (χ1n) is 7.44. The maximum atomic E-state index is 12.8. The molecule has 0 aliphatic carbocycles. The van der Waals surface area contributed by atoms with E-state index < -0.39 is 5.97 Å².